The second-order valence-electron chi connectivity index (χ2n) is 10.3. The fourth-order valence-electron chi connectivity index (χ4n) is 5.26. The second-order valence-corrected chi connectivity index (χ2v) is 10.3. The number of aryl methyl sites for hydroxylation is 1. The van der Waals surface area contributed by atoms with E-state index in [1.807, 2.05) is 6.92 Å². The SMILES string of the molecule is CCCCOc1ccc(C([O-])=C2C(=O)C(=O)N(CCC[NH+]3CCOCC3)C2c2ccc(O)c(OCC)c2)cc1C. The van der Waals surface area contributed by atoms with Gasteiger partial charge in [0.1, 0.15) is 18.8 Å². The van der Waals surface area contributed by atoms with Crippen LogP contribution in [-0.2, 0) is 14.3 Å². The molecule has 1 amide bonds. The summed E-state index contributed by atoms with van der Waals surface area (Å²) < 4.78 is 16.8. The lowest BCUT2D eigenvalue weighted by Gasteiger charge is -2.29. The summed E-state index contributed by atoms with van der Waals surface area (Å²) in [6.07, 6.45) is 2.61. The predicted octanol–water partition coefficient (Wildman–Crippen LogP) is 1.81. The molecule has 1 atom stereocenters. The summed E-state index contributed by atoms with van der Waals surface area (Å²) >= 11 is 0. The lowest BCUT2D eigenvalue weighted by Crippen LogP contribution is -3.14. The number of hydrogen-bond donors (Lipinski definition) is 2. The first-order valence-electron chi connectivity index (χ1n) is 14.2. The maximum Gasteiger partial charge on any atom is 0.295 e. The molecule has 4 rings (SSSR count). The number of likely N-dealkylation sites (tertiary alicyclic amines) is 1. The van der Waals surface area contributed by atoms with Crippen molar-refractivity contribution in [3.8, 4) is 17.2 Å². The Morgan fingerprint density at radius 2 is 1.85 bits per heavy atom. The molecule has 40 heavy (non-hydrogen) atoms. The fraction of sp³-hybridized carbons (Fsp3) is 0.484. The van der Waals surface area contributed by atoms with Crippen molar-refractivity contribution >= 4 is 17.4 Å². The number of benzene rings is 2. The topological polar surface area (TPSA) is 113 Å². The van der Waals surface area contributed by atoms with E-state index in [2.05, 4.69) is 6.92 Å². The smallest absolute Gasteiger partial charge is 0.295 e. The first-order valence-corrected chi connectivity index (χ1v) is 14.2. The highest BCUT2D eigenvalue weighted by atomic mass is 16.5. The van der Waals surface area contributed by atoms with Gasteiger partial charge in [-0.3, -0.25) is 9.59 Å². The van der Waals surface area contributed by atoms with Crippen LogP contribution in [0.15, 0.2) is 42.0 Å². The number of ketones is 1. The van der Waals surface area contributed by atoms with E-state index in [4.69, 9.17) is 14.2 Å². The average Bonchev–Trinajstić information content (AvgIpc) is 3.20. The third kappa shape index (κ3) is 6.59. The first-order chi connectivity index (χ1) is 19.3. The zero-order chi connectivity index (χ0) is 28.6. The number of Topliss-reactive ketones (excluding diaryl/α,β-unsaturated/α-hetero) is 1. The third-order valence-electron chi connectivity index (χ3n) is 7.45. The van der Waals surface area contributed by atoms with E-state index in [1.165, 1.54) is 15.9 Å². The molecule has 2 aromatic rings. The molecule has 0 bridgehead atoms. The van der Waals surface area contributed by atoms with Gasteiger partial charge >= 0.3 is 0 Å². The van der Waals surface area contributed by atoms with Crippen LogP contribution in [0.1, 0.15) is 55.8 Å². The van der Waals surface area contributed by atoms with Gasteiger partial charge in [0.25, 0.3) is 5.91 Å². The Labute approximate surface area is 235 Å². The number of morpholine rings is 1. The molecule has 2 fully saturated rings. The van der Waals surface area contributed by atoms with Gasteiger partial charge in [0.05, 0.1) is 39.0 Å². The Bertz CT molecular complexity index is 1240. The molecule has 2 aliphatic rings. The summed E-state index contributed by atoms with van der Waals surface area (Å²) in [4.78, 5) is 29.6. The maximum atomic E-state index is 13.9. The number of quaternary nitrogens is 1. The minimum Gasteiger partial charge on any atom is -0.872 e. The number of rotatable bonds is 12. The number of carbonyl (C=O) groups excluding carboxylic acids is 2. The highest BCUT2D eigenvalue weighted by molar-refractivity contribution is 6.46. The van der Waals surface area contributed by atoms with Crippen LogP contribution < -0.4 is 19.5 Å². The molecule has 2 aliphatic heterocycles. The zero-order valence-corrected chi connectivity index (χ0v) is 23.7. The lowest BCUT2D eigenvalue weighted by atomic mass is 9.94. The number of ether oxygens (including phenoxy) is 3. The Hall–Kier alpha value is -3.56. The van der Waals surface area contributed by atoms with Gasteiger partial charge in [0, 0.05) is 18.5 Å². The van der Waals surface area contributed by atoms with Crippen LogP contribution in [0.5, 0.6) is 17.2 Å². The van der Waals surface area contributed by atoms with Crippen molar-refractivity contribution in [2.75, 3.05) is 52.6 Å². The van der Waals surface area contributed by atoms with Crippen molar-refractivity contribution in [3.05, 3.63) is 58.7 Å². The summed E-state index contributed by atoms with van der Waals surface area (Å²) in [5.41, 5.74) is 1.56. The number of aromatic hydroxyl groups is 1. The minimum absolute atomic E-state index is 0.0501. The molecule has 0 saturated carbocycles. The number of unbranched alkanes of at least 4 members (excludes halogenated alkanes) is 1. The maximum absolute atomic E-state index is 13.9. The quantitative estimate of drug-likeness (QED) is 0.179. The number of phenols is 1. The largest absolute Gasteiger partial charge is 0.872 e. The molecule has 2 saturated heterocycles. The molecule has 0 aromatic heterocycles. The summed E-state index contributed by atoms with van der Waals surface area (Å²) in [6.45, 7) is 11.0. The van der Waals surface area contributed by atoms with Gasteiger partial charge in [-0.25, -0.2) is 0 Å². The van der Waals surface area contributed by atoms with E-state index in [-0.39, 0.29) is 17.1 Å². The normalized spacial score (nSPS) is 19.3. The van der Waals surface area contributed by atoms with E-state index in [9.17, 15) is 19.8 Å². The fourth-order valence-corrected chi connectivity index (χ4v) is 5.26. The predicted molar refractivity (Wildman–Crippen MR) is 148 cm³/mol. The van der Waals surface area contributed by atoms with Crippen LogP contribution in [0.2, 0.25) is 0 Å². The van der Waals surface area contributed by atoms with Gasteiger partial charge < -0.3 is 34.2 Å². The Morgan fingerprint density at radius 1 is 1.07 bits per heavy atom. The summed E-state index contributed by atoms with van der Waals surface area (Å²) in [5, 5.41) is 24.2. The van der Waals surface area contributed by atoms with Crippen molar-refractivity contribution in [2.45, 2.75) is 46.1 Å². The van der Waals surface area contributed by atoms with E-state index >= 15 is 0 Å². The Balaban J connectivity index is 1.69. The Kier molecular flexibility index (Phi) is 10.1. The van der Waals surface area contributed by atoms with E-state index in [0.717, 1.165) is 38.0 Å². The van der Waals surface area contributed by atoms with Gasteiger partial charge in [-0.2, -0.15) is 0 Å². The van der Waals surface area contributed by atoms with E-state index in [0.29, 0.717) is 56.3 Å². The number of amides is 1. The van der Waals surface area contributed by atoms with Gasteiger partial charge in [-0.1, -0.05) is 31.2 Å². The highest BCUT2D eigenvalue weighted by Crippen LogP contribution is 2.41. The van der Waals surface area contributed by atoms with E-state index < -0.39 is 23.5 Å². The lowest BCUT2D eigenvalue weighted by molar-refractivity contribution is -0.908. The van der Waals surface area contributed by atoms with Gasteiger partial charge in [0.15, 0.2) is 11.5 Å². The van der Waals surface area contributed by atoms with Crippen molar-refractivity contribution in [3.63, 3.8) is 0 Å². The van der Waals surface area contributed by atoms with Crippen molar-refractivity contribution in [2.24, 2.45) is 0 Å². The molecule has 9 heteroatoms. The molecule has 0 aliphatic carbocycles. The van der Waals surface area contributed by atoms with Crippen molar-refractivity contribution in [1.82, 2.24) is 4.90 Å². The molecule has 0 spiro atoms. The molecule has 2 N–H and O–H groups in total. The van der Waals surface area contributed by atoms with Crippen LogP contribution >= 0.6 is 0 Å². The monoisotopic (exact) mass is 552 g/mol. The molecule has 0 radical (unpaired) electrons. The number of hydrogen-bond acceptors (Lipinski definition) is 7. The van der Waals surface area contributed by atoms with Crippen LogP contribution in [0.25, 0.3) is 5.76 Å². The summed E-state index contributed by atoms with van der Waals surface area (Å²) in [6, 6.07) is 8.93. The van der Waals surface area contributed by atoms with Crippen LogP contribution in [0, 0.1) is 6.92 Å². The average molecular weight is 553 g/mol. The molecule has 1 unspecified atom stereocenters. The summed E-state index contributed by atoms with van der Waals surface area (Å²) in [7, 11) is 0. The molecule has 2 aromatic carbocycles. The summed E-state index contributed by atoms with van der Waals surface area (Å²) in [5.74, 6) is -1.09. The van der Waals surface area contributed by atoms with E-state index in [1.54, 1.807) is 37.3 Å². The first kappa shape index (κ1) is 29.4. The van der Waals surface area contributed by atoms with Crippen LogP contribution in [0.3, 0.4) is 0 Å². The van der Waals surface area contributed by atoms with Gasteiger partial charge in [-0.15, -0.1) is 0 Å². The molecular formula is C31H40N2O7. The zero-order valence-electron chi connectivity index (χ0n) is 23.7. The molecular weight excluding hydrogens is 512 g/mol. The Morgan fingerprint density at radius 3 is 2.55 bits per heavy atom. The second kappa shape index (κ2) is 13.7. The van der Waals surface area contributed by atoms with Crippen LogP contribution in [-0.4, -0.2) is 74.3 Å². The highest BCUT2D eigenvalue weighted by Gasteiger charge is 2.44. The molecule has 9 nitrogen and oxygen atoms in total. The number of nitrogens with one attached hydrogen (secondary N) is 1. The van der Waals surface area contributed by atoms with Gasteiger partial charge in [-0.05, 0) is 61.2 Å². The third-order valence-corrected chi connectivity index (χ3v) is 7.45. The minimum atomic E-state index is -0.882. The standard InChI is InChI=1S/C31H40N2O7/c1-4-6-16-40-25-11-9-23(19-21(25)3)29(35)27-28(22-8-10-24(34)26(20-22)39-5-2)33(31(37)30(27)36)13-7-12-32-14-17-38-18-15-32/h8-11,19-20,28,34-35H,4-7,12-18H2,1-3H3. The number of nitrogens with zero attached hydrogens (tertiary/aromatic N) is 1. The molecule has 216 valence electrons. The van der Waals surface area contributed by atoms with Crippen molar-refractivity contribution in [1.29, 1.82) is 0 Å². The molecule has 2 heterocycles. The number of phenolic OH excluding ortho intramolecular Hbond substituents is 1. The van der Waals surface area contributed by atoms with Crippen molar-refractivity contribution < 1.29 is 38.9 Å². The van der Waals surface area contributed by atoms with Crippen LogP contribution in [0.4, 0.5) is 0 Å². The van der Waals surface area contributed by atoms with Gasteiger partial charge in [0.2, 0.25) is 5.78 Å². The number of carbonyl (C=O) groups is 2.